The number of ether oxygens (including phenoxy) is 1. The quantitative estimate of drug-likeness (QED) is 0.739. The van der Waals surface area contributed by atoms with Crippen LogP contribution in [0.3, 0.4) is 0 Å². The van der Waals surface area contributed by atoms with E-state index in [0.717, 1.165) is 37.1 Å². The second kappa shape index (κ2) is 9.28. The molecule has 0 aromatic heterocycles. The van der Waals surface area contributed by atoms with E-state index < -0.39 is 0 Å². The average Bonchev–Trinajstić information content (AvgIpc) is 2.30. The third-order valence-electron chi connectivity index (χ3n) is 2.57. The Morgan fingerprint density at radius 2 is 2.06 bits per heavy atom. The molecule has 3 nitrogen and oxygen atoms in total. The Bertz CT molecular complexity index is 307. The van der Waals surface area contributed by atoms with Crippen LogP contribution >= 0.6 is 12.4 Å². The van der Waals surface area contributed by atoms with E-state index >= 15 is 0 Å². The van der Waals surface area contributed by atoms with Crippen molar-refractivity contribution in [1.82, 2.24) is 0 Å². The summed E-state index contributed by atoms with van der Waals surface area (Å²) in [5.41, 5.74) is 12.7. The number of halogens is 1. The van der Waals surface area contributed by atoms with Gasteiger partial charge in [-0.25, -0.2) is 0 Å². The monoisotopic (exact) mass is 258 g/mol. The smallest absolute Gasteiger partial charge is 0.119 e. The van der Waals surface area contributed by atoms with Gasteiger partial charge in [0.2, 0.25) is 0 Å². The van der Waals surface area contributed by atoms with Crippen LogP contribution in [0.2, 0.25) is 0 Å². The third kappa shape index (κ3) is 5.91. The molecule has 1 aromatic rings. The Morgan fingerprint density at radius 1 is 1.29 bits per heavy atom. The highest BCUT2D eigenvalue weighted by atomic mass is 35.5. The van der Waals surface area contributed by atoms with E-state index in [9.17, 15) is 0 Å². The van der Waals surface area contributed by atoms with Gasteiger partial charge in [-0.2, -0.15) is 0 Å². The lowest BCUT2D eigenvalue weighted by Gasteiger charge is -2.13. The molecule has 4 heteroatoms. The van der Waals surface area contributed by atoms with Crippen LogP contribution in [0.4, 0.5) is 0 Å². The summed E-state index contributed by atoms with van der Waals surface area (Å²) in [7, 11) is 0. The van der Waals surface area contributed by atoms with Gasteiger partial charge in [0.1, 0.15) is 5.75 Å². The molecule has 1 atom stereocenters. The molecule has 0 spiro atoms. The fraction of sp³-hybridized carbons (Fsp3) is 0.538. The minimum atomic E-state index is 0. The van der Waals surface area contributed by atoms with Gasteiger partial charge < -0.3 is 16.2 Å². The maximum atomic E-state index is 6.10. The second-order valence-electron chi connectivity index (χ2n) is 3.90. The summed E-state index contributed by atoms with van der Waals surface area (Å²) in [6, 6.07) is 8.11. The van der Waals surface area contributed by atoms with Gasteiger partial charge in [0.25, 0.3) is 0 Å². The molecule has 0 aliphatic rings. The highest BCUT2D eigenvalue weighted by Crippen LogP contribution is 2.21. The van der Waals surface area contributed by atoms with Crippen LogP contribution in [0, 0.1) is 0 Å². The van der Waals surface area contributed by atoms with E-state index in [-0.39, 0.29) is 18.4 Å². The van der Waals surface area contributed by atoms with Crippen LogP contribution in [-0.4, -0.2) is 13.2 Å². The summed E-state index contributed by atoms with van der Waals surface area (Å²) in [6.07, 6.45) is 3.10. The molecule has 98 valence electrons. The molecule has 0 aliphatic carbocycles. The number of nitrogens with two attached hydrogens (primary N) is 2. The zero-order valence-corrected chi connectivity index (χ0v) is 11.2. The SMILES string of the molecule is CCOc1cccc([C@@H](N)CCCCN)c1.Cl. The Morgan fingerprint density at radius 3 is 2.71 bits per heavy atom. The van der Waals surface area contributed by atoms with E-state index in [1.807, 2.05) is 25.1 Å². The Hall–Kier alpha value is -0.770. The van der Waals surface area contributed by atoms with Crippen molar-refractivity contribution >= 4 is 12.4 Å². The molecule has 0 aliphatic heterocycles. The van der Waals surface area contributed by atoms with Gasteiger partial charge in [0.15, 0.2) is 0 Å². The lowest BCUT2D eigenvalue weighted by molar-refractivity contribution is 0.339. The van der Waals surface area contributed by atoms with Crippen molar-refractivity contribution in [3.8, 4) is 5.75 Å². The molecule has 1 rings (SSSR count). The van der Waals surface area contributed by atoms with Crippen molar-refractivity contribution in [1.29, 1.82) is 0 Å². The van der Waals surface area contributed by atoms with Crippen LogP contribution in [0.15, 0.2) is 24.3 Å². The topological polar surface area (TPSA) is 61.3 Å². The van der Waals surface area contributed by atoms with Gasteiger partial charge in [0.05, 0.1) is 6.61 Å². The molecule has 0 saturated heterocycles. The van der Waals surface area contributed by atoms with Crippen LogP contribution < -0.4 is 16.2 Å². The van der Waals surface area contributed by atoms with Crippen molar-refractivity contribution in [3.05, 3.63) is 29.8 Å². The largest absolute Gasteiger partial charge is 0.494 e. The van der Waals surface area contributed by atoms with Crippen LogP contribution in [0.5, 0.6) is 5.75 Å². The van der Waals surface area contributed by atoms with Crippen molar-refractivity contribution in [2.24, 2.45) is 11.5 Å². The van der Waals surface area contributed by atoms with Gasteiger partial charge in [-0.1, -0.05) is 18.6 Å². The third-order valence-corrected chi connectivity index (χ3v) is 2.57. The van der Waals surface area contributed by atoms with E-state index in [2.05, 4.69) is 6.07 Å². The molecule has 0 unspecified atom stereocenters. The van der Waals surface area contributed by atoms with Crippen molar-refractivity contribution in [3.63, 3.8) is 0 Å². The summed E-state index contributed by atoms with van der Waals surface area (Å²) >= 11 is 0. The number of unbranched alkanes of at least 4 members (excludes halogenated alkanes) is 1. The highest BCUT2D eigenvalue weighted by molar-refractivity contribution is 5.85. The Balaban J connectivity index is 0.00000256. The van der Waals surface area contributed by atoms with Crippen LogP contribution in [0.1, 0.15) is 37.8 Å². The molecule has 0 heterocycles. The van der Waals surface area contributed by atoms with Gasteiger partial charge in [-0.15, -0.1) is 12.4 Å². The van der Waals surface area contributed by atoms with E-state index in [1.54, 1.807) is 0 Å². The lowest BCUT2D eigenvalue weighted by Crippen LogP contribution is -2.11. The number of rotatable bonds is 7. The lowest BCUT2D eigenvalue weighted by atomic mass is 10.0. The number of hydrogen-bond acceptors (Lipinski definition) is 3. The zero-order chi connectivity index (χ0) is 11.8. The molecule has 17 heavy (non-hydrogen) atoms. The van der Waals surface area contributed by atoms with Crippen LogP contribution in [0.25, 0.3) is 0 Å². The summed E-state index contributed by atoms with van der Waals surface area (Å²) in [4.78, 5) is 0. The van der Waals surface area contributed by atoms with Gasteiger partial charge in [0, 0.05) is 6.04 Å². The van der Waals surface area contributed by atoms with Crippen molar-refractivity contribution in [2.45, 2.75) is 32.2 Å². The standard InChI is InChI=1S/C13H22N2O.ClH/c1-2-16-12-7-5-6-11(10-12)13(15)8-3-4-9-14;/h5-7,10,13H,2-4,8-9,14-15H2,1H3;1H/t13-;/m0./s1. The molecule has 0 bridgehead atoms. The summed E-state index contributed by atoms with van der Waals surface area (Å²) in [5, 5.41) is 0. The van der Waals surface area contributed by atoms with Gasteiger partial charge in [-0.3, -0.25) is 0 Å². The molecular formula is C13H23ClN2O. The summed E-state index contributed by atoms with van der Waals surface area (Å²) in [6.45, 7) is 3.41. The van der Waals surface area contributed by atoms with E-state index in [1.165, 1.54) is 0 Å². The predicted octanol–water partition coefficient (Wildman–Crippen LogP) is 2.64. The van der Waals surface area contributed by atoms with E-state index in [0.29, 0.717) is 6.61 Å². The predicted molar refractivity (Wildman–Crippen MR) is 74.7 cm³/mol. The highest BCUT2D eigenvalue weighted by Gasteiger charge is 2.06. The summed E-state index contributed by atoms with van der Waals surface area (Å²) < 4.78 is 5.45. The fourth-order valence-corrected chi connectivity index (χ4v) is 1.68. The molecule has 0 radical (unpaired) electrons. The summed E-state index contributed by atoms with van der Waals surface area (Å²) in [5.74, 6) is 0.897. The molecule has 0 saturated carbocycles. The Labute approximate surface area is 110 Å². The second-order valence-corrected chi connectivity index (χ2v) is 3.90. The van der Waals surface area contributed by atoms with Crippen molar-refractivity contribution in [2.75, 3.05) is 13.2 Å². The molecular weight excluding hydrogens is 236 g/mol. The number of hydrogen-bond donors (Lipinski definition) is 2. The fourth-order valence-electron chi connectivity index (χ4n) is 1.68. The Kier molecular flexibility index (Phi) is 8.86. The zero-order valence-electron chi connectivity index (χ0n) is 10.4. The minimum absolute atomic E-state index is 0. The molecule has 0 amide bonds. The maximum Gasteiger partial charge on any atom is 0.119 e. The first-order valence-electron chi connectivity index (χ1n) is 5.96. The molecule has 0 fully saturated rings. The first-order valence-corrected chi connectivity index (χ1v) is 5.96. The van der Waals surface area contributed by atoms with Gasteiger partial charge >= 0.3 is 0 Å². The maximum absolute atomic E-state index is 6.10. The van der Waals surface area contributed by atoms with E-state index in [4.69, 9.17) is 16.2 Å². The first kappa shape index (κ1) is 16.2. The first-order chi connectivity index (χ1) is 7.77. The minimum Gasteiger partial charge on any atom is -0.494 e. The average molecular weight is 259 g/mol. The van der Waals surface area contributed by atoms with Gasteiger partial charge in [-0.05, 0) is 44.0 Å². The normalized spacial score (nSPS) is 11.7. The molecule has 1 aromatic carbocycles. The van der Waals surface area contributed by atoms with Crippen molar-refractivity contribution < 1.29 is 4.74 Å². The number of benzene rings is 1. The van der Waals surface area contributed by atoms with Crippen LogP contribution in [-0.2, 0) is 0 Å². The molecule has 4 N–H and O–H groups in total.